The highest BCUT2D eigenvalue weighted by atomic mass is 16.5. The molecule has 0 aliphatic carbocycles. The van der Waals surface area contributed by atoms with Crippen molar-refractivity contribution in [3.05, 3.63) is 65.0 Å². The highest BCUT2D eigenvalue weighted by Gasteiger charge is 2.10. The lowest BCUT2D eigenvalue weighted by molar-refractivity contribution is -0.105. The van der Waals surface area contributed by atoms with Crippen molar-refractivity contribution in [3.8, 4) is 11.4 Å². The van der Waals surface area contributed by atoms with Crippen molar-refractivity contribution >= 4 is 12.1 Å². The number of benzene rings is 2. The molecule has 1 heterocycles. The standard InChI is InChI=1S/C18H17N3O2/c1-12-3-6-14(7-4-12)9-17-20-18(21-23-17)15-8-5-13(2)16(10-15)19-11-22/h3-8,10-11H,9H2,1-2H3,(H,19,22). The number of amides is 1. The topological polar surface area (TPSA) is 68.0 Å². The van der Waals surface area contributed by atoms with E-state index < -0.39 is 0 Å². The van der Waals surface area contributed by atoms with Crippen molar-refractivity contribution in [1.29, 1.82) is 0 Å². The van der Waals surface area contributed by atoms with Gasteiger partial charge in [0, 0.05) is 11.3 Å². The summed E-state index contributed by atoms with van der Waals surface area (Å²) in [4.78, 5) is 15.1. The Morgan fingerprint density at radius 1 is 1.13 bits per heavy atom. The summed E-state index contributed by atoms with van der Waals surface area (Å²) < 4.78 is 5.33. The molecule has 0 aliphatic rings. The Morgan fingerprint density at radius 3 is 2.65 bits per heavy atom. The first-order chi connectivity index (χ1) is 11.2. The van der Waals surface area contributed by atoms with Crippen LogP contribution in [0.15, 0.2) is 47.0 Å². The molecule has 0 fully saturated rings. The summed E-state index contributed by atoms with van der Waals surface area (Å²) in [5.74, 6) is 1.08. The molecule has 0 spiro atoms. The van der Waals surface area contributed by atoms with Gasteiger partial charge in [0.15, 0.2) is 0 Å². The van der Waals surface area contributed by atoms with Gasteiger partial charge in [-0.25, -0.2) is 0 Å². The predicted octanol–water partition coefficient (Wildman–Crippen LogP) is 3.51. The van der Waals surface area contributed by atoms with E-state index in [9.17, 15) is 4.79 Å². The molecule has 3 rings (SSSR count). The second-order valence-corrected chi connectivity index (χ2v) is 5.47. The molecule has 23 heavy (non-hydrogen) atoms. The third-order valence-corrected chi connectivity index (χ3v) is 3.65. The molecule has 0 radical (unpaired) electrons. The van der Waals surface area contributed by atoms with Crippen LogP contribution >= 0.6 is 0 Å². The van der Waals surface area contributed by atoms with E-state index in [0.29, 0.717) is 24.5 Å². The van der Waals surface area contributed by atoms with Gasteiger partial charge in [-0.3, -0.25) is 4.79 Å². The van der Waals surface area contributed by atoms with Crippen molar-refractivity contribution in [2.45, 2.75) is 20.3 Å². The molecule has 5 nitrogen and oxygen atoms in total. The minimum Gasteiger partial charge on any atom is -0.339 e. The minimum absolute atomic E-state index is 0.515. The number of rotatable bonds is 5. The molecule has 2 aromatic carbocycles. The molecule has 0 saturated carbocycles. The van der Waals surface area contributed by atoms with E-state index in [1.807, 2.05) is 25.1 Å². The number of aromatic nitrogens is 2. The average molecular weight is 307 g/mol. The van der Waals surface area contributed by atoms with Crippen LogP contribution in [0.25, 0.3) is 11.4 Å². The van der Waals surface area contributed by atoms with Crippen LogP contribution in [-0.4, -0.2) is 16.6 Å². The Labute approximate surface area is 134 Å². The quantitative estimate of drug-likeness (QED) is 0.732. The highest BCUT2D eigenvalue weighted by molar-refractivity contribution is 5.76. The Hall–Kier alpha value is -2.95. The monoisotopic (exact) mass is 307 g/mol. The summed E-state index contributed by atoms with van der Waals surface area (Å²) >= 11 is 0. The van der Waals surface area contributed by atoms with Gasteiger partial charge in [0.1, 0.15) is 0 Å². The molecule has 1 amide bonds. The maximum atomic E-state index is 10.6. The maximum absolute atomic E-state index is 10.6. The van der Waals surface area contributed by atoms with Crippen LogP contribution in [0.1, 0.15) is 22.6 Å². The summed E-state index contributed by atoms with van der Waals surface area (Å²) in [7, 11) is 0. The number of nitrogens with zero attached hydrogens (tertiary/aromatic N) is 2. The fourth-order valence-corrected chi connectivity index (χ4v) is 2.30. The van der Waals surface area contributed by atoms with Gasteiger partial charge in [0.05, 0.1) is 6.42 Å². The van der Waals surface area contributed by atoms with Crippen LogP contribution in [0.3, 0.4) is 0 Å². The lowest BCUT2D eigenvalue weighted by Crippen LogP contribution is -1.97. The van der Waals surface area contributed by atoms with Gasteiger partial charge in [-0.15, -0.1) is 0 Å². The zero-order valence-corrected chi connectivity index (χ0v) is 13.0. The molecule has 0 saturated heterocycles. The van der Waals surface area contributed by atoms with Gasteiger partial charge in [-0.1, -0.05) is 47.1 Å². The lowest BCUT2D eigenvalue weighted by Gasteiger charge is -2.04. The number of hydrogen-bond donors (Lipinski definition) is 1. The first-order valence-corrected chi connectivity index (χ1v) is 7.35. The normalized spacial score (nSPS) is 10.5. The summed E-state index contributed by atoms with van der Waals surface area (Å²) in [6.45, 7) is 3.98. The van der Waals surface area contributed by atoms with Crippen molar-refractivity contribution in [2.75, 3.05) is 5.32 Å². The van der Waals surface area contributed by atoms with Crippen molar-refractivity contribution in [1.82, 2.24) is 10.1 Å². The maximum Gasteiger partial charge on any atom is 0.231 e. The number of anilines is 1. The molecule has 3 aromatic rings. The fourth-order valence-electron chi connectivity index (χ4n) is 2.30. The van der Waals surface area contributed by atoms with Crippen LogP contribution in [0.4, 0.5) is 5.69 Å². The molecule has 1 aromatic heterocycles. The fraction of sp³-hybridized carbons (Fsp3) is 0.167. The Morgan fingerprint density at radius 2 is 1.91 bits per heavy atom. The SMILES string of the molecule is Cc1ccc(Cc2nc(-c3ccc(C)c(NC=O)c3)no2)cc1. The van der Waals surface area contributed by atoms with Gasteiger partial charge in [-0.05, 0) is 31.0 Å². The van der Waals surface area contributed by atoms with E-state index in [4.69, 9.17) is 4.52 Å². The first kappa shape index (κ1) is 15.0. The zero-order chi connectivity index (χ0) is 16.2. The predicted molar refractivity (Wildman–Crippen MR) is 88.1 cm³/mol. The van der Waals surface area contributed by atoms with Crippen LogP contribution in [0.5, 0.6) is 0 Å². The molecule has 0 atom stereocenters. The van der Waals surface area contributed by atoms with E-state index in [0.717, 1.165) is 22.4 Å². The molecule has 116 valence electrons. The van der Waals surface area contributed by atoms with Gasteiger partial charge in [-0.2, -0.15) is 4.98 Å². The van der Waals surface area contributed by atoms with Crippen LogP contribution in [0.2, 0.25) is 0 Å². The van der Waals surface area contributed by atoms with E-state index >= 15 is 0 Å². The smallest absolute Gasteiger partial charge is 0.231 e. The number of hydrogen-bond acceptors (Lipinski definition) is 4. The van der Waals surface area contributed by atoms with E-state index in [-0.39, 0.29) is 0 Å². The zero-order valence-electron chi connectivity index (χ0n) is 13.0. The van der Waals surface area contributed by atoms with Crippen LogP contribution < -0.4 is 5.32 Å². The summed E-state index contributed by atoms with van der Waals surface area (Å²) in [5, 5.41) is 6.70. The molecule has 0 unspecified atom stereocenters. The Kier molecular flexibility index (Phi) is 4.19. The molecule has 0 bridgehead atoms. The third-order valence-electron chi connectivity index (χ3n) is 3.65. The Balaban J connectivity index is 1.82. The van der Waals surface area contributed by atoms with Crippen LogP contribution in [-0.2, 0) is 11.2 Å². The van der Waals surface area contributed by atoms with Crippen LogP contribution in [0, 0.1) is 13.8 Å². The van der Waals surface area contributed by atoms with Crippen molar-refractivity contribution < 1.29 is 9.32 Å². The Bertz CT molecular complexity index is 823. The van der Waals surface area contributed by atoms with E-state index in [1.54, 1.807) is 0 Å². The van der Waals surface area contributed by atoms with Gasteiger partial charge in [0.25, 0.3) is 0 Å². The summed E-state index contributed by atoms with van der Waals surface area (Å²) in [5.41, 5.74) is 4.86. The molecule has 5 heteroatoms. The number of carbonyl (C=O) groups is 1. The average Bonchev–Trinajstić information content (AvgIpc) is 3.00. The second-order valence-electron chi connectivity index (χ2n) is 5.47. The van der Waals surface area contributed by atoms with Crippen molar-refractivity contribution in [2.24, 2.45) is 0 Å². The van der Waals surface area contributed by atoms with Gasteiger partial charge in [0.2, 0.25) is 18.1 Å². The van der Waals surface area contributed by atoms with E-state index in [2.05, 4.69) is 46.6 Å². The molecule has 1 N–H and O–H groups in total. The number of carbonyl (C=O) groups excluding carboxylic acids is 1. The second kappa shape index (κ2) is 6.44. The number of aryl methyl sites for hydroxylation is 2. The molecular weight excluding hydrogens is 290 g/mol. The highest BCUT2D eigenvalue weighted by Crippen LogP contribution is 2.23. The van der Waals surface area contributed by atoms with E-state index in [1.165, 1.54) is 5.56 Å². The molecule has 0 aliphatic heterocycles. The third kappa shape index (κ3) is 3.45. The van der Waals surface area contributed by atoms with Gasteiger partial charge < -0.3 is 9.84 Å². The largest absolute Gasteiger partial charge is 0.339 e. The summed E-state index contributed by atoms with van der Waals surface area (Å²) in [6.07, 6.45) is 1.25. The van der Waals surface area contributed by atoms with Crippen molar-refractivity contribution in [3.63, 3.8) is 0 Å². The first-order valence-electron chi connectivity index (χ1n) is 7.35. The van der Waals surface area contributed by atoms with Gasteiger partial charge >= 0.3 is 0 Å². The lowest BCUT2D eigenvalue weighted by atomic mass is 10.1. The summed E-state index contributed by atoms with van der Waals surface area (Å²) in [6, 6.07) is 13.9. The molecular formula is C18H17N3O2. The number of nitrogens with one attached hydrogen (secondary N) is 1. The minimum atomic E-state index is 0.515.